The molecule has 0 aromatic carbocycles. The molecular weight excluding hydrogens is 264 g/mol. The van der Waals surface area contributed by atoms with Gasteiger partial charge in [-0.3, -0.25) is 14.5 Å². The van der Waals surface area contributed by atoms with Crippen molar-refractivity contribution in [2.45, 2.75) is 33.2 Å². The molecule has 0 aliphatic rings. The first-order valence-corrected chi connectivity index (χ1v) is 7.34. The lowest BCUT2D eigenvalue weighted by Crippen LogP contribution is -2.29. The van der Waals surface area contributed by atoms with Crippen molar-refractivity contribution in [3.05, 3.63) is 36.4 Å². The van der Waals surface area contributed by atoms with Crippen molar-refractivity contribution in [2.75, 3.05) is 0 Å². The fraction of sp³-hybridized carbons (Fsp3) is 0.438. The van der Waals surface area contributed by atoms with E-state index in [0.29, 0.717) is 6.54 Å². The monoisotopic (exact) mass is 286 g/mol. The summed E-state index contributed by atoms with van der Waals surface area (Å²) < 4.78 is 1.76. The van der Waals surface area contributed by atoms with Crippen molar-refractivity contribution >= 4 is 5.91 Å². The predicted molar refractivity (Wildman–Crippen MR) is 82.4 cm³/mol. The number of hydrogen-bond acceptors (Lipinski definition) is 3. The molecule has 112 valence electrons. The summed E-state index contributed by atoms with van der Waals surface area (Å²) in [6.07, 6.45) is 9.09. The molecule has 5 heteroatoms. The molecule has 2 aromatic rings. The van der Waals surface area contributed by atoms with Crippen LogP contribution in [0.15, 0.2) is 30.9 Å². The molecule has 2 rings (SSSR count). The van der Waals surface area contributed by atoms with Crippen LogP contribution < -0.4 is 5.32 Å². The molecule has 1 N–H and O–H groups in total. The summed E-state index contributed by atoms with van der Waals surface area (Å²) in [5.74, 6) is 0.214. The Morgan fingerprint density at radius 2 is 2.00 bits per heavy atom. The molecule has 0 bridgehead atoms. The van der Waals surface area contributed by atoms with Crippen LogP contribution in [0.3, 0.4) is 0 Å². The number of rotatable bonds is 6. The van der Waals surface area contributed by atoms with Gasteiger partial charge in [-0.05, 0) is 24.5 Å². The molecule has 5 nitrogen and oxygen atoms in total. The molecule has 0 saturated heterocycles. The van der Waals surface area contributed by atoms with E-state index in [4.69, 9.17) is 0 Å². The first kappa shape index (κ1) is 15.2. The average Bonchev–Trinajstić information content (AvgIpc) is 2.93. The molecule has 0 aliphatic carbocycles. The third-order valence-corrected chi connectivity index (χ3v) is 3.66. The maximum atomic E-state index is 12.0. The Balaban J connectivity index is 2.03. The maximum absolute atomic E-state index is 12.0. The van der Waals surface area contributed by atoms with Gasteiger partial charge in [-0.1, -0.05) is 13.8 Å². The van der Waals surface area contributed by atoms with Crippen LogP contribution in [0.5, 0.6) is 0 Å². The molecule has 2 heterocycles. The SMILES string of the molecule is CCC(CC)C(=O)NCc1cncc(-c2cnn(C)c2)c1. The smallest absolute Gasteiger partial charge is 0.223 e. The van der Waals surface area contributed by atoms with Gasteiger partial charge in [0.2, 0.25) is 5.91 Å². The van der Waals surface area contributed by atoms with Gasteiger partial charge in [0.1, 0.15) is 0 Å². The first-order chi connectivity index (χ1) is 10.1. The Bertz CT molecular complexity index is 602. The summed E-state index contributed by atoms with van der Waals surface area (Å²) in [5.41, 5.74) is 3.03. The zero-order valence-corrected chi connectivity index (χ0v) is 12.8. The number of nitrogens with zero attached hydrogens (tertiary/aromatic N) is 3. The maximum Gasteiger partial charge on any atom is 0.223 e. The molecule has 0 spiro atoms. The summed E-state index contributed by atoms with van der Waals surface area (Å²) in [7, 11) is 1.89. The normalized spacial score (nSPS) is 10.9. The highest BCUT2D eigenvalue weighted by Gasteiger charge is 2.13. The minimum Gasteiger partial charge on any atom is -0.352 e. The van der Waals surface area contributed by atoms with Crippen LogP contribution in [0, 0.1) is 5.92 Å². The molecule has 2 aromatic heterocycles. The molecule has 0 unspecified atom stereocenters. The van der Waals surface area contributed by atoms with E-state index in [1.807, 2.05) is 45.6 Å². The fourth-order valence-electron chi connectivity index (χ4n) is 2.31. The quantitative estimate of drug-likeness (QED) is 0.887. The fourth-order valence-corrected chi connectivity index (χ4v) is 2.31. The topological polar surface area (TPSA) is 59.8 Å². The lowest BCUT2D eigenvalue weighted by Gasteiger charge is -2.12. The Labute approximate surface area is 125 Å². The number of carbonyl (C=O) groups excluding carboxylic acids is 1. The predicted octanol–water partition coefficient (Wildman–Crippen LogP) is 2.53. The number of pyridine rings is 1. The van der Waals surface area contributed by atoms with Crippen LogP contribution in [0.25, 0.3) is 11.1 Å². The molecule has 0 atom stereocenters. The Kier molecular flexibility index (Phi) is 5.09. The number of nitrogens with one attached hydrogen (secondary N) is 1. The van der Waals surface area contributed by atoms with Crippen LogP contribution in [0.4, 0.5) is 0 Å². The number of amides is 1. The Morgan fingerprint density at radius 1 is 1.24 bits per heavy atom. The third kappa shape index (κ3) is 3.90. The summed E-state index contributed by atoms with van der Waals surface area (Å²) in [6.45, 7) is 4.59. The highest BCUT2D eigenvalue weighted by atomic mass is 16.1. The van der Waals surface area contributed by atoms with Gasteiger partial charge in [-0.15, -0.1) is 0 Å². The van der Waals surface area contributed by atoms with E-state index in [9.17, 15) is 4.79 Å². The third-order valence-electron chi connectivity index (χ3n) is 3.66. The molecule has 0 aliphatic heterocycles. The largest absolute Gasteiger partial charge is 0.352 e. The van der Waals surface area contributed by atoms with E-state index in [1.54, 1.807) is 10.9 Å². The summed E-state index contributed by atoms with van der Waals surface area (Å²) in [4.78, 5) is 16.2. The molecule has 21 heavy (non-hydrogen) atoms. The summed E-state index contributed by atoms with van der Waals surface area (Å²) >= 11 is 0. The van der Waals surface area contributed by atoms with Gasteiger partial charge in [0.05, 0.1) is 6.20 Å². The van der Waals surface area contributed by atoms with Crippen LogP contribution in [-0.4, -0.2) is 20.7 Å². The van der Waals surface area contributed by atoms with E-state index < -0.39 is 0 Å². The average molecular weight is 286 g/mol. The minimum absolute atomic E-state index is 0.0967. The molecule has 0 fully saturated rings. The second-order valence-corrected chi connectivity index (χ2v) is 5.22. The van der Waals surface area contributed by atoms with Gasteiger partial charge < -0.3 is 5.32 Å². The minimum atomic E-state index is 0.0967. The van der Waals surface area contributed by atoms with E-state index in [2.05, 4.69) is 15.4 Å². The van der Waals surface area contributed by atoms with Gasteiger partial charge >= 0.3 is 0 Å². The highest BCUT2D eigenvalue weighted by molar-refractivity contribution is 5.78. The van der Waals surface area contributed by atoms with Crippen molar-refractivity contribution in [1.82, 2.24) is 20.1 Å². The number of hydrogen-bond donors (Lipinski definition) is 1. The van der Waals surface area contributed by atoms with E-state index >= 15 is 0 Å². The zero-order valence-electron chi connectivity index (χ0n) is 12.8. The second kappa shape index (κ2) is 7.02. The number of aromatic nitrogens is 3. The van der Waals surface area contributed by atoms with Crippen molar-refractivity contribution < 1.29 is 4.79 Å². The van der Waals surface area contributed by atoms with Gasteiger partial charge in [0.25, 0.3) is 0 Å². The van der Waals surface area contributed by atoms with Gasteiger partial charge in [0.15, 0.2) is 0 Å². The number of aryl methyl sites for hydroxylation is 1. The molecular formula is C16H22N4O. The van der Waals surface area contributed by atoms with Crippen LogP contribution in [0.2, 0.25) is 0 Å². The van der Waals surface area contributed by atoms with Gasteiger partial charge in [0, 0.05) is 49.2 Å². The molecule has 1 amide bonds. The zero-order chi connectivity index (χ0) is 15.2. The van der Waals surface area contributed by atoms with Gasteiger partial charge in [-0.2, -0.15) is 5.10 Å². The summed E-state index contributed by atoms with van der Waals surface area (Å²) in [5, 5.41) is 7.15. The summed E-state index contributed by atoms with van der Waals surface area (Å²) in [6, 6.07) is 2.04. The van der Waals surface area contributed by atoms with E-state index in [1.165, 1.54) is 0 Å². The second-order valence-electron chi connectivity index (χ2n) is 5.22. The van der Waals surface area contributed by atoms with Crippen LogP contribution in [0.1, 0.15) is 32.3 Å². The van der Waals surface area contributed by atoms with E-state index in [-0.39, 0.29) is 11.8 Å². The van der Waals surface area contributed by atoms with Crippen molar-refractivity contribution in [2.24, 2.45) is 13.0 Å². The van der Waals surface area contributed by atoms with Crippen molar-refractivity contribution in [3.63, 3.8) is 0 Å². The van der Waals surface area contributed by atoms with Crippen LogP contribution in [-0.2, 0) is 18.4 Å². The lowest BCUT2D eigenvalue weighted by atomic mass is 10.0. The Morgan fingerprint density at radius 3 is 2.62 bits per heavy atom. The molecule has 0 radical (unpaired) electrons. The standard InChI is InChI=1S/C16H22N4O/c1-4-13(5-2)16(21)18-8-12-6-14(9-17-7-12)15-10-19-20(3)11-15/h6-7,9-11,13H,4-5,8H2,1-3H3,(H,18,21). The van der Waals surface area contributed by atoms with Crippen LogP contribution >= 0.6 is 0 Å². The lowest BCUT2D eigenvalue weighted by molar-refractivity contribution is -0.125. The Hall–Kier alpha value is -2.17. The molecule has 0 saturated carbocycles. The van der Waals surface area contributed by atoms with E-state index in [0.717, 1.165) is 29.5 Å². The first-order valence-electron chi connectivity index (χ1n) is 7.34. The number of carbonyl (C=O) groups is 1. The van der Waals surface area contributed by atoms with Gasteiger partial charge in [-0.25, -0.2) is 0 Å². The van der Waals surface area contributed by atoms with Crippen molar-refractivity contribution in [3.8, 4) is 11.1 Å². The van der Waals surface area contributed by atoms with Crippen molar-refractivity contribution in [1.29, 1.82) is 0 Å². The highest BCUT2D eigenvalue weighted by Crippen LogP contribution is 2.18.